The Kier molecular flexibility index (Phi) is 64.8. The van der Waals surface area contributed by atoms with E-state index in [0.29, 0.717) is 17.4 Å². The van der Waals surface area contributed by atoms with Crippen molar-refractivity contribution in [1.82, 2.24) is 5.32 Å². The Morgan fingerprint density at radius 1 is 0.424 bits per heavy atom. The highest BCUT2D eigenvalue weighted by atomic mass is 31.2. The summed E-state index contributed by atoms with van der Waals surface area (Å²) in [6.07, 6.45) is 93.4. The lowest BCUT2D eigenvalue weighted by molar-refractivity contribution is -0.870. The minimum absolute atomic E-state index is 0.00568. The monoisotopic (exact) mass is 1210 g/mol. The number of nitrogens with one attached hydrogen (secondary N) is 1. The minimum atomic E-state index is -4.61. The molecule has 2 N–H and O–H groups in total. The molecular weight excluding hydrogens is 1070 g/mol. The maximum Gasteiger partial charge on any atom is 0.268 e. The van der Waals surface area contributed by atoms with Gasteiger partial charge in [0.15, 0.2) is 0 Å². The fraction of sp³-hybridized carbons (Fsp3) is 0.829. The first-order chi connectivity index (χ1) is 41.5. The summed E-state index contributed by atoms with van der Waals surface area (Å²) in [6.45, 7) is 4.56. The number of phosphoric acid groups is 1. The van der Waals surface area contributed by atoms with Crippen molar-refractivity contribution in [2.24, 2.45) is 0 Å². The molecule has 8 nitrogen and oxygen atoms in total. The van der Waals surface area contributed by atoms with Crippen molar-refractivity contribution in [3.8, 4) is 0 Å². The van der Waals surface area contributed by atoms with E-state index < -0.39 is 26.6 Å². The summed E-state index contributed by atoms with van der Waals surface area (Å²) in [5.41, 5.74) is 0. The smallest absolute Gasteiger partial charge is 0.268 e. The van der Waals surface area contributed by atoms with Gasteiger partial charge in [-0.25, -0.2) is 0 Å². The van der Waals surface area contributed by atoms with Gasteiger partial charge in [-0.05, 0) is 70.6 Å². The third kappa shape index (κ3) is 69.3. The van der Waals surface area contributed by atoms with Crippen LogP contribution in [-0.2, 0) is 18.4 Å². The number of nitrogens with zero attached hydrogens (tertiary/aromatic N) is 1. The van der Waals surface area contributed by atoms with Gasteiger partial charge in [0.25, 0.3) is 7.82 Å². The fourth-order valence-electron chi connectivity index (χ4n) is 11.0. The Labute approximate surface area is 529 Å². The predicted molar refractivity (Wildman–Crippen MR) is 371 cm³/mol. The summed E-state index contributed by atoms with van der Waals surface area (Å²) in [4.78, 5) is 25.6. The maximum atomic E-state index is 13.0. The first-order valence-electron chi connectivity index (χ1n) is 36.8. The van der Waals surface area contributed by atoms with Crippen LogP contribution >= 0.6 is 7.82 Å². The van der Waals surface area contributed by atoms with Crippen molar-refractivity contribution in [1.29, 1.82) is 0 Å². The highest BCUT2D eigenvalue weighted by Gasteiger charge is 2.23. The quantitative estimate of drug-likeness (QED) is 0.0272. The summed E-state index contributed by atoms with van der Waals surface area (Å²) in [5, 5.41) is 14.0. The van der Waals surface area contributed by atoms with E-state index in [1.807, 2.05) is 27.2 Å². The highest BCUT2D eigenvalue weighted by Crippen LogP contribution is 2.38. The number of unbranched alkanes of at least 4 members (excludes halogenated alkanes) is 45. The average Bonchev–Trinajstić information content (AvgIpc) is 3.49. The zero-order chi connectivity index (χ0) is 61.9. The van der Waals surface area contributed by atoms with Crippen LogP contribution in [0.25, 0.3) is 0 Å². The fourth-order valence-corrected chi connectivity index (χ4v) is 11.7. The van der Waals surface area contributed by atoms with Crippen molar-refractivity contribution < 1.29 is 32.9 Å². The van der Waals surface area contributed by atoms with Crippen LogP contribution in [-0.4, -0.2) is 68.5 Å². The van der Waals surface area contributed by atoms with Gasteiger partial charge in [0.05, 0.1) is 39.9 Å². The van der Waals surface area contributed by atoms with E-state index in [1.54, 1.807) is 6.08 Å². The van der Waals surface area contributed by atoms with Crippen molar-refractivity contribution >= 4 is 13.7 Å². The topological polar surface area (TPSA) is 108 Å². The van der Waals surface area contributed by atoms with Gasteiger partial charge in [-0.3, -0.25) is 9.36 Å². The second-order valence-corrected chi connectivity index (χ2v) is 27.7. The number of quaternary nitrogens is 1. The van der Waals surface area contributed by atoms with Gasteiger partial charge in [-0.2, -0.15) is 0 Å². The number of amides is 1. The van der Waals surface area contributed by atoms with Gasteiger partial charge in [0.1, 0.15) is 13.2 Å². The Balaban J connectivity index is 3.98. The molecule has 0 aromatic rings. The average molecular weight is 1210 g/mol. The Bertz CT molecular complexity index is 1620. The lowest BCUT2D eigenvalue weighted by Crippen LogP contribution is -2.45. The summed E-state index contributed by atoms with van der Waals surface area (Å²) in [6, 6.07) is -0.905. The van der Waals surface area contributed by atoms with Crippen LogP contribution in [0.15, 0.2) is 72.9 Å². The third-order valence-corrected chi connectivity index (χ3v) is 17.6. The van der Waals surface area contributed by atoms with E-state index in [4.69, 9.17) is 9.05 Å². The SMILES string of the molecule is CC/C=C\C/C=C\C/C=C\C/C=C\CCCCCCCCCCCCCCCCCCCCCCCCCCCCC(=O)NC(COP(=O)([O-])OCC[N+](C)(C)C)C(O)/C=C/CC/C=C/CCCCCCCCCCCCCCCCCCCC. The van der Waals surface area contributed by atoms with Crippen LogP contribution in [0, 0.1) is 0 Å². The molecule has 3 unspecified atom stereocenters. The molecule has 9 heteroatoms. The van der Waals surface area contributed by atoms with Gasteiger partial charge >= 0.3 is 0 Å². The third-order valence-electron chi connectivity index (χ3n) is 16.7. The van der Waals surface area contributed by atoms with E-state index in [0.717, 1.165) is 64.2 Å². The molecule has 0 aliphatic heterocycles. The molecule has 0 aromatic heterocycles. The van der Waals surface area contributed by atoms with Crippen LogP contribution < -0.4 is 10.2 Å². The second-order valence-electron chi connectivity index (χ2n) is 26.3. The molecule has 0 aromatic carbocycles. The van der Waals surface area contributed by atoms with E-state index in [2.05, 4.69) is 79.9 Å². The van der Waals surface area contributed by atoms with Gasteiger partial charge in [-0.15, -0.1) is 0 Å². The molecule has 0 aliphatic carbocycles. The molecule has 0 bridgehead atoms. The number of rotatable bonds is 68. The van der Waals surface area contributed by atoms with Crippen molar-refractivity contribution in [2.75, 3.05) is 40.9 Å². The van der Waals surface area contributed by atoms with Gasteiger partial charge in [-0.1, -0.05) is 350 Å². The van der Waals surface area contributed by atoms with Crippen LogP contribution in [0.1, 0.15) is 354 Å². The van der Waals surface area contributed by atoms with Gasteiger partial charge < -0.3 is 28.8 Å². The molecule has 0 spiro atoms. The van der Waals surface area contributed by atoms with Crippen molar-refractivity contribution in [3.63, 3.8) is 0 Å². The molecular formula is C76H143N2O6P. The van der Waals surface area contributed by atoms with E-state index >= 15 is 0 Å². The van der Waals surface area contributed by atoms with Crippen LogP contribution in [0.2, 0.25) is 0 Å². The number of carbonyl (C=O) groups is 1. The van der Waals surface area contributed by atoms with Gasteiger partial charge in [0, 0.05) is 6.42 Å². The summed E-state index contributed by atoms with van der Waals surface area (Å²) < 4.78 is 23.5. The summed E-state index contributed by atoms with van der Waals surface area (Å²) >= 11 is 0. The highest BCUT2D eigenvalue weighted by molar-refractivity contribution is 7.45. The second kappa shape index (κ2) is 66.4. The van der Waals surface area contributed by atoms with Gasteiger partial charge in [0.2, 0.25) is 5.91 Å². The lowest BCUT2D eigenvalue weighted by Gasteiger charge is -2.29. The Morgan fingerprint density at radius 3 is 1.09 bits per heavy atom. The lowest BCUT2D eigenvalue weighted by atomic mass is 10.0. The number of hydrogen-bond acceptors (Lipinski definition) is 6. The number of allylic oxidation sites excluding steroid dienone is 11. The summed E-state index contributed by atoms with van der Waals surface area (Å²) in [5.74, 6) is -0.201. The number of phosphoric ester groups is 1. The Morgan fingerprint density at radius 2 is 0.729 bits per heavy atom. The summed E-state index contributed by atoms with van der Waals surface area (Å²) in [7, 11) is 1.26. The van der Waals surface area contributed by atoms with Crippen molar-refractivity contribution in [3.05, 3.63) is 72.9 Å². The predicted octanol–water partition coefficient (Wildman–Crippen LogP) is 23.1. The number of carbonyl (C=O) groups excluding carboxylic acids is 1. The zero-order valence-corrected chi connectivity index (χ0v) is 58.0. The van der Waals surface area contributed by atoms with E-state index in [1.165, 1.54) is 270 Å². The molecule has 0 fully saturated rings. The number of likely N-dealkylation sites (N-methyl/N-ethyl adjacent to an activating group) is 1. The molecule has 85 heavy (non-hydrogen) atoms. The normalized spacial score (nSPS) is 14.0. The molecule has 3 atom stereocenters. The first kappa shape index (κ1) is 82.9. The molecule has 0 radical (unpaired) electrons. The molecule has 0 saturated heterocycles. The van der Waals surface area contributed by atoms with E-state index in [-0.39, 0.29) is 12.5 Å². The van der Waals surface area contributed by atoms with Crippen LogP contribution in [0.5, 0.6) is 0 Å². The number of hydrogen-bond donors (Lipinski definition) is 2. The standard InChI is InChI=1S/C76H143N2O6P/c1-6-8-10-12-14-16-18-20-22-24-26-28-30-32-33-34-35-36-37-38-39-40-41-42-43-44-45-46-48-50-52-54-56-58-60-62-64-66-68-70-76(80)77-74(73-84-85(81,82)83-72-71-78(3,4)5)75(79)69-67-65-63-61-59-57-55-53-51-49-47-31-29-27-25-23-21-19-17-15-13-11-9-7-2/h8,10,14,16,20,22,26,28,59,61,67,69,74-75,79H,6-7,9,11-13,15,17-19,21,23-25,27,29-58,60,62-66,68,70-73H2,1-5H3,(H-,77,80,81,82)/b10-8-,16-14-,22-20-,28-26-,61-59+,69-67+. The van der Waals surface area contributed by atoms with Crippen LogP contribution in [0.4, 0.5) is 0 Å². The molecule has 1 amide bonds. The molecule has 0 heterocycles. The molecule has 498 valence electrons. The Hall–Kier alpha value is -2.06. The van der Waals surface area contributed by atoms with Crippen LogP contribution in [0.3, 0.4) is 0 Å². The number of aliphatic hydroxyl groups excluding tert-OH is 1. The molecule has 0 aliphatic rings. The number of aliphatic hydroxyl groups is 1. The first-order valence-corrected chi connectivity index (χ1v) is 38.3. The molecule has 0 rings (SSSR count). The minimum Gasteiger partial charge on any atom is -0.756 e. The van der Waals surface area contributed by atoms with Crippen molar-refractivity contribution in [2.45, 2.75) is 366 Å². The van der Waals surface area contributed by atoms with E-state index in [9.17, 15) is 19.4 Å². The zero-order valence-electron chi connectivity index (χ0n) is 57.1. The molecule has 0 saturated carbocycles. The largest absolute Gasteiger partial charge is 0.756 e. The maximum absolute atomic E-state index is 13.0.